The van der Waals surface area contributed by atoms with Gasteiger partial charge in [-0.3, -0.25) is 19.2 Å². The fourth-order valence-electron chi connectivity index (χ4n) is 3.81. The molecule has 2 amide bonds. The quantitative estimate of drug-likeness (QED) is 0.753. The second kappa shape index (κ2) is 7.77. The first-order chi connectivity index (χ1) is 14.0. The van der Waals surface area contributed by atoms with Gasteiger partial charge in [-0.05, 0) is 34.1 Å². The Morgan fingerprint density at radius 3 is 2.40 bits per heavy atom. The van der Waals surface area contributed by atoms with E-state index in [0.717, 1.165) is 4.68 Å². The molecule has 2 aromatic heterocycles. The third-order valence-electron chi connectivity index (χ3n) is 5.35. The molecule has 3 rings (SSSR count). The van der Waals surface area contributed by atoms with Crippen LogP contribution in [0.5, 0.6) is 0 Å². The summed E-state index contributed by atoms with van der Waals surface area (Å²) in [5, 5.41) is 8.14. The van der Waals surface area contributed by atoms with E-state index in [1.807, 2.05) is 13.8 Å². The Balaban J connectivity index is 2.00. The van der Waals surface area contributed by atoms with Crippen LogP contribution in [0.15, 0.2) is 12.1 Å². The average molecular weight is 426 g/mol. The van der Waals surface area contributed by atoms with Crippen molar-refractivity contribution in [2.75, 3.05) is 18.0 Å². The molecule has 0 spiro atoms. The Morgan fingerprint density at radius 2 is 1.83 bits per heavy atom. The van der Waals surface area contributed by atoms with Crippen molar-refractivity contribution in [3.63, 3.8) is 0 Å². The van der Waals surface area contributed by atoms with Crippen LogP contribution >= 0.6 is 0 Å². The van der Waals surface area contributed by atoms with Gasteiger partial charge in [0.25, 0.3) is 11.8 Å². The number of rotatable bonds is 4. The van der Waals surface area contributed by atoms with E-state index < -0.39 is 24.2 Å². The monoisotopic (exact) mass is 426 g/mol. The van der Waals surface area contributed by atoms with Gasteiger partial charge >= 0.3 is 6.18 Å². The highest BCUT2D eigenvalue weighted by Crippen LogP contribution is 2.42. The number of alkyl halides is 3. The van der Waals surface area contributed by atoms with Crippen molar-refractivity contribution < 1.29 is 22.8 Å². The number of fused-ring (bicyclic) bond motifs is 1. The summed E-state index contributed by atoms with van der Waals surface area (Å²) in [7, 11) is 1.53. The number of aromatic nitrogens is 4. The largest absolute Gasteiger partial charge is 0.410 e. The van der Waals surface area contributed by atoms with E-state index in [0.29, 0.717) is 18.8 Å². The van der Waals surface area contributed by atoms with Crippen molar-refractivity contribution >= 4 is 17.6 Å². The fourth-order valence-corrected chi connectivity index (χ4v) is 3.81. The minimum atomic E-state index is -4.48. The molecule has 2 aromatic rings. The molecule has 1 aliphatic heterocycles. The highest BCUT2D eigenvalue weighted by Gasteiger charge is 2.48. The highest BCUT2D eigenvalue weighted by atomic mass is 19.4. The van der Waals surface area contributed by atoms with Crippen molar-refractivity contribution in [2.45, 2.75) is 52.4 Å². The van der Waals surface area contributed by atoms with Gasteiger partial charge in [0.2, 0.25) is 0 Å². The number of halogens is 3. The number of nitrogens with zero attached hydrogens (tertiary/aromatic N) is 6. The van der Waals surface area contributed by atoms with Gasteiger partial charge in [0.05, 0.1) is 5.69 Å². The van der Waals surface area contributed by atoms with Crippen molar-refractivity contribution in [1.82, 2.24) is 24.5 Å². The van der Waals surface area contributed by atoms with E-state index in [1.165, 1.54) is 28.8 Å². The van der Waals surface area contributed by atoms with Gasteiger partial charge in [-0.1, -0.05) is 0 Å². The van der Waals surface area contributed by atoms with E-state index in [4.69, 9.17) is 0 Å². The molecule has 0 saturated carbocycles. The zero-order valence-electron chi connectivity index (χ0n) is 17.6. The van der Waals surface area contributed by atoms with Crippen LogP contribution in [0.2, 0.25) is 0 Å². The zero-order valence-corrected chi connectivity index (χ0v) is 17.6. The lowest BCUT2D eigenvalue weighted by Gasteiger charge is -2.38. The molecule has 3 heterocycles. The fraction of sp³-hybridized carbons (Fsp3) is 0.579. The predicted molar refractivity (Wildman–Crippen MR) is 103 cm³/mol. The Bertz CT molecular complexity index is 960. The molecular weight excluding hydrogens is 401 g/mol. The summed E-state index contributed by atoms with van der Waals surface area (Å²) in [6.07, 6.45) is -4.79. The summed E-state index contributed by atoms with van der Waals surface area (Å²) in [6.45, 7) is 7.82. The summed E-state index contributed by atoms with van der Waals surface area (Å²) in [5.74, 6) is -0.756. The average Bonchev–Trinajstić information content (AvgIpc) is 3.23. The first-order valence-electron chi connectivity index (χ1n) is 9.79. The van der Waals surface area contributed by atoms with Gasteiger partial charge in [-0.15, -0.1) is 0 Å². The number of anilines is 1. The first-order valence-corrected chi connectivity index (χ1v) is 9.79. The molecule has 0 fully saturated rings. The van der Waals surface area contributed by atoms with Gasteiger partial charge in [0, 0.05) is 38.3 Å². The molecular formula is C19H25F3N6O2. The SMILES string of the molecule is CCN(CC)C(=O)c1cc(C(=O)N2c3cc(C)nn3C(C(F)(F)F)CC2C)n(C)n1. The molecule has 0 aliphatic carbocycles. The van der Waals surface area contributed by atoms with Crippen molar-refractivity contribution in [3.05, 3.63) is 29.2 Å². The smallest absolute Gasteiger partial charge is 0.338 e. The van der Waals surface area contributed by atoms with E-state index in [9.17, 15) is 22.8 Å². The molecule has 0 N–H and O–H groups in total. The van der Waals surface area contributed by atoms with Gasteiger partial charge in [0.1, 0.15) is 11.5 Å². The predicted octanol–water partition coefficient (Wildman–Crippen LogP) is 2.95. The van der Waals surface area contributed by atoms with Crippen LogP contribution in [0.1, 0.15) is 59.9 Å². The number of carbonyl (C=O) groups excluding carboxylic acids is 2. The minimum Gasteiger partial charge on any atom is -0.338 e. The van der Waals surface area contributed by atoms with Crippen LogP contribution in [-0.4, -0.2) is 61.6 Å². The molecule has 8 nitrogen and oxygen atoms in total. The Kier molecular flexibility index (Phi) is 5.66. The highest BCUT2D eigenvalue weighted by molar-refractivity contribution is 6.06. The summed E-state index contributed by atoms with van der Waals surface area (Å²) >= 11 is 0. The first kappa shape index (κ1) is 21.8. The number of carbonyl (C=O) groups is 2. The van der Waals surface area contributed by atoms with Gasteiger partial charge in [0.15, 0.2) is 11.7 Å². The maximum atomic E-state index is 13.5. The maximum absolute atomic E-state index is 13.5. The second-order valence-corrected chi connectivity index (χ2v) is 7.42. The summed E-state index contributed by atoms with van der Waals surface area (Å²) in [6, 6.07) is 0.333. The van der Waals surface area contributed by atoms with Crippen LogP contribution in [0.4, 0.5) is 19.0 Å². The molecule has 1 aliphatic rings. The van der Waals surface area contributed by atoms with Gasteiger partial charge in [-0.2, -0.15) is 23.4 Å². The van der Waals surface area contributed by atoms with Crippen LogP contribution in [-0.2, 0) is 7.05 Å². The van der Waals surface area contributed by atoms with Crippen molar-refractivity contribution in [2.24, 2.45) is 7.05 Å². The topological polar surface area (TPSA) is 76.3 Å². The molecule has 164 valence electrons. The van der Waals surface area contributed by atoms with E-state index in [1.54, 1.807) is 18.7 Å². The van der Waals surface area contributed by atoms with Gasteiger partial charge < -0.3 is 4.90 Å². The minimum absolute atomic E-state index is 0.0800. The number of hydrogen-bond acceptors (Lipinski definition) is 4. The molecule has 0 radical (unpaired) electrons. The normalized spacial score (nSPS) is 19.0. The molecule has 2 unspecified atom stereocenters. The standard InChI is InChI=1S/C19H25F3N6O2/c1-6-26(7-2)17(29)13-10-14(25(5)24-13)18(30)27-12(4)9-15(19(20,21)22)28-16(27)8-11(3)23-28/h8,10,12,15H,6-7,9H2,1-5H3. The Hall–Kier alpha value is -2.85. The lowest BCUT2D eigenvalue weighted by atomic mass is 10.0. The van der Waals surface area contributed by atoms with Crippen LogP contribution in [0, 0.1) is 6.92 Å². The molecule has 0 aromatic carbocycles. The zero-order chi connectivity index (χ0) is 22.4. The third-order valence-corrected chi connectivity index (χ3v) is 5.35. The molecule has 11 heteroatoms. The molecule has 30 heavy (non-hydrogen) atoms. The van der Waals surface area contributed by atoms with Crippen molar-refractivity contribution in [1.29, 1.82) is 0 Å². The number of hydrogen-bond donors (Lipinski definition) is 0. The van der Waals surface area contributed by atoms with E-state index >= 15 is 0 Å². The van der Waals surface area contributed by atoms with Crippen LogP contribution in [0.3, 0.4) is 0 Å². The maximum Gasteiger partial charge on any atom is 0.410 e. The van der Waals surface area contributed by atoms with Crippen molar-refractivity contribution in [3.8, 4) is 0 Å². The third kappa shape index (κ3) is 3.68. The lowest BCUT2D eigenvalue weighted by molar-refractivity contribution is -0.174. The summed E-state index contributed by atoms with van der Waals surface area (Å²) in [4.78, 5) is 28.8. The summed E-state index contributed by atoms with van der Waals surface area (Å²) < 4.78 is 42.8. The Morgan fingerprint density at radius 1 is 1.20 bits per heavy atom. The van der Waals surface area contributed by atoms with Gasteiger partial charge in [-0.25, -0.2) is 4.68 Å². The number of amides is 2. The van der Waals surface area contributed by atoms with Crippen LogP contribution < -0.4 is 4.90 Å². The second-order valence-electron chi connectivity index (χ2n) is 7.42. The molecule has 0 bridgehead atoms. The number of aryl methyl sites for hydroxylation is 2. The summed E-state index contributed by atoms with van der Waals surface area (Å²) in [5.41, 5.74) is 0.619. The molecule has 0 saturated heterocycles. The van der Waals surface area contributed by atoms with E-state index in [2.05, 4.69) is 10.2 Å². The lowest BCUT2D eigenvalue weighted by Crippen LogP contribution is -2.48. The molecule has 2 atom stereocenters. The van der Waals surface area contributed by atoms with Crippen LogP contribution in [0.25, 0.3) is 0 Å². The Labute approximate surface area is 172 Å². The van der Waals surface area contributed by atoms with E-state index in [-0.39, 0.29) is 29.5 Å².